The van der Waals surface area contributed by atoms with Crippen molar-refractivity contribution in [3.05, 3.63) is 22.4 Å². The highest BCUT2D eigenvalue weighted by Crippen LogP contribution is 2.11. The van der Waals surface area contributed by atoms with Crippen LogP contribution in [0, 0.1) is 0 Å². The minimum Gasteiger partial charge on any atom is -0.310 e. The van der Waals surface area contributed by atoms with Gasteiger partial charge in [0.25, 0.3) is 0 Å². The summed E-state index contributed by atoms with van der Waals surface area (Å²) >= 11 is 1.74. The fraction of sp³-hybridized carbons (Fsp3) is 0.600. The predicted molar refractivity (Wildman–Crippen MR) is 62.1 cm³/mol. The van der Waals surface area contributed by atoms with Crippen molar-refractivity contribution in [2.24, 2.45) is 0 Å². The second kappa shape index (κ2) is 5.05. The van der Waals surface area contributed by atoms with E-state index in [-0.39, 0.29) is 0 Å². The van der Waals surface area contributed by atoms with E-state index < -0.39 is 10.8 Å². The molecular formula is C10H15NOS2. The fourth-order valence-electron chi connectivity index (χ4n) is 1.65. The molecule has 2 nitrogen and oxygen atoms in total. The van der Waals surface area contributed by atoms with Gasteiger partial charge >= 0.3 is 0 Å². The largest absolute Gasteiger partial charge is 0.310 e. The molecule has 1 aliphatic rings. The van der Waals surface area contributed by atoms with Gasteiger partial charge < -0.3 is 5.32 Å². The molecule has 78 valence electrons. The number of hydrogen-bond acceptors (Lipinski definition) is 3. The second-order valence-corrected chi connectivity index (χ2v) is 6.11. The summed E-state index contributed by atoms with van der Waals surface area (Å²) < 4.78 is 11.1. The van der Waals surface area contributed by atoms with Crippen molar-refractivity contribution in [1.29, 1.82) is 0 Å². The highest BCUT2D eigenvalue weighted by Gasteiger charge is 2.16. The zero-order chi connectivity index (χ0) is 9.80. The average molecular weight is 229 g/mol. The van der Waals surface area contributed by atoms with E-state index in [4.69, 9.17) is 0 Å². The lowest BCUT2D eigenvalue weighted by Gasteiger charge is -2.22. The van der Waals surface area contributed by atoms with Crippen LogP contribution in [-0.2, 0) is 17.3 Å². The van der Waals surface area contributed by atoms with Gasteiger partial charge in [0.1, 0.15) is 0 Å². The summed E-state index contributed by atoms with van der Waals surface area (Å²) in [6.07, 6.45) is 2.13. The van der Waals surface area contributed by atoms with Gasteiger partial charge in [-0.3, -0.25) is 4.21 Å². The third-order valence-electron chi connectivity index (χ3n) is 2.56. The minimum atomic E-state index is -0.539. The Morgan fingerprint density at radius 2 is 2.29 bits per heavy atom. The Kier molecular flexibility index (Phi) is 3.73. The Morgan fingerprint density at radius 3 is 2.93 bits per heavy atom. The SMILES string of the molecule is O=S1CCC(NCc2ccsc2)CC1. The fourth-order valence-corrected chi connectivity index (χ4v) is 3.62. The van der Waals surface area contributed by atoms with Gasteiger partial charge in [-0.2, -0.15) is 11.3 Å². The van der Waals surface area contributed by atoms with Crippen LogP contribution in [-0.4, -0.2) is 21.8 Å². The van der Waals surface area contributed by atoms with Crippen molar-refractivity contribution in [3.63, 3.8) is 0 Å². The molecule has 1 saturated heterocycles. The summed E-state index contributed by atoms with van der Waals surface area (Å²) in [4.78, 5) is 0. The molecule has 1 aromatic rings. The number of hydrogen-bond donors (Lipinski definition) is 1. The van der Waals surface area contributed by atoms with Gasteiger partial charge in [0.05, 0.1) is 0 Å². The van der Waals surface area contributed by atoms with Crippen molar-refractivity contribution in [3.8, 4) is 0 Å². The van der Waals surface area contributed by atoms with E-state index in [2.05, 4.69) is 22.1 Å². The first-order valence-corrected chi connectivity index (χ1v) is 7.37. The lowest BCUT2D eigenvalue weighted by atomic mass is 10.1. The summed E-state index contributed by atoms with van der Waals surface area (Å²) in [5.74, 6) is 1.75. The highest BCUT2D eigenvalue weighted by atomic mass is 32.2. The summed E-state index contributed by atoms with van der Waals surface area (Å²) in [5.41, 5.74) is 1.36. The monoisotopic (exact) mass is 229 g/mol. The topological polar surface area (TPSA) is 29.1 Å². The molecule has 0 unspecified atom stereocenters. The van der Waals surface area contributed by atoms with Gasteiger partial charge in [0, 0.05) is 34.9 Å². The Balaban J connectivity index is 1.73. The van der Waals surface area contributed by atoms with E-state index >= 15 is 0 Å². The van der Waals surface area contributed by atoms with Crippen LogP contribution in [0.5, 0.6) is 0 Å². The summed E-state index contributed by atoms with van der Waals surface area (Å²) in [7, 11) is -0.539. The molecule has 2 heterocycles. The van der Waals surface area contributed by atoms with E-state index in [0.29, 0.717) is 6.04 Å². The second-order valence-electron chi connectivity index (χ2n) is 3.63. The number of nitrogens with one attached hydrogen (secondary N) is 1. The van der Waals surface area contributed by atoms with Gasteiger partial charge in [-0.15, -0.1) is 0 Å². The third-order valence-corrected chi connectivity index (χ3v) is 4.68. The molecular weight excluding hydrogens is 214 g/mol. The molecule has 0 aliphatic carbocycles. The van der Waals surface area contributed by atoms with Crippen LogP contribution in [0.1, 0.15) is 18.4 Å². The van der Waals surface area contributed by atoms with Crippen molar-refractivity contribution >= 4 is 22.1 Å². The smallest absolute Gasteiger partial charge is 0.0249 e. The lowest BCUT2D eigenvalue weighted by Crippen LogP contribution is -2.35. The summed E-state index contributed by atoms with van der Waals surface area (Å²) in [6.45, 7) is 0.959. The highest BCUT2D eigenvalue weighted by molar-refractivity contribution is 7.85. The van der Waals surface area contributed by atoms with Gasteiger partial charge in [0.2, 0.25) is 0 Å². The molecule has 2 rings (SSSR count). The average Bonchev–Trinajstić information content (AvgIpc) is 2.70. The van der Waals surface area contributed by atoms with Crippen LogP contribution in [0.3, 0.4) is 0 Å². The van der Waals surface area contributed by atoms with Gasteiger partial charge in [-0.25, -0.2) is 0 Å². The number of thiophene rings is 1. The normalized spacial score (nSPS) is 27.7. The zero-order valence-electron chi connectivity index (χ0n) is 8.07. The van der Waals surface area contributed by atoms with Crippen LogP contribution >= 0.6 is 11.3 Å². The van der Waals surface area contributed by atoms with Gasteiger partial charge in [0.15, 0.2) is 0 Å². The molecule has 0 spiro atoms. The van der Waals surface area contributed by atoms with Crippen LogP contribution in [0.4, 0.5) is 0 Å². The first-order chi connectivity index (χ1) is 6.84. The molecule has 1 aliphatic heterocycles. The molecule has 4 heteroatoms. The van der Waals surface area contributed by atoms with E-state index in [0.717, 1.165) is 30.9 Å². The molecule has 1 N–H and O–H groups in total. The van der Waals surface area contributed by atoms with Crippen LogP contribution in [0.25, 0.3) is 0 Å². The Hall–Kier alpha value is -0.190. The van der Waals surface area contributed by atoms with E-state index in [9.17, 15) is 4.21 Å². The molecule has 1 fully saturated rings. The van der Waals surface area contributed by atoms with E-state index in [1.807, 2.05) is 0 Å². The van der Waals surface area contributed by atoms with Crippen molar-refractivity contribution in [2.75, 3.05) is 11.5 Å². The molecule has 0 bridgehead atoms. The quantitative estimate of drug-likeness (QED) is 0.855. The molecule has 0 radical (unpaired) electrons. The minimum absolute atomic E-state index is 0.539. The van der Waals surface area contributed by atoms with Crippen molar-refractivity contribution < 1.29 is 4.21 Å². The molecule has 0 aromatic carbocycles. The zero-order valence-corrected chi connectivity index (χ0v) is 9.70. The van der Waals surface area contributed by atoms with Gasteiger partial charge in [-0.05, 0) is 35.2 Å². The number of rotatable bonds is 3. The molecule has 0 atom stereocenters. The van der Waals surface area contributed by atoms with Gasteiger partial charge in [-0.1, -0.05) is 0 Å². The first kappa shape index (κ1) is 10.3. The summed E-state index contributed by atoms with van der Waals surface area (Å²) in [6, 6.07) is 2.73. The first-order valence-electron chi connectivity index (χ1n) is 4.94. The molecule has 14 heavy (non-hydrogen) atoms. The van der Waals surface area contributed by atoms with E-state index in [1.165, 1.54) is 5.56 Å². The third kappa shape index (κ3) is 2.90. The van der Waals surface area contributed by atoms with Crippen LogP contribution in [0.15, 0.2) is 16.8 Å². The predicted octanol–water partition coefficient (Wildman–Crippen LogP) is 1.75. The summed E-state index contributed by atoms with van der Waals surface area (Å²) in [5, 5.41) is 7.80. The van der Waals surface area contributed by atoms with Crippen molar-refractivity contribution in [2.45, 2.75) is 25.4 Å². The Bertz CT molecular complexity index is 287. The maximum Gasteiger partial charge on any atom is 0.0249 e. The molecule has 0 saturated carbocycles. The molecule has 1 aromatic heterocycles. The Morgan fingerprint density at radius 1 is 1.50 bits per heavy atom. The standard InChI is InChI=1S/C10H15NOS2/c12-14-5-2-10(3-6-14)11-7-9-1-4-13-8-9/h1,4,8,10-11H,2-3,5-7H2. The lowest BCUT2D eigenvalue weighted by molar-refractivity contribution is 0.475. The molecule has 0 amide bonds. The maximum atomic E-state index is 11.1. The van der Waals surface area contributed by atoms with Crippen LogP contribution < -0.4 is 5.32 Å². The maximum absolute atomic E-state index is 11.1. The van der Waals surface area contributed by atoms with Crippen LogP contribution in [0.2, 0.25) is 0 Å². The van der Waals surface area contributed by atoms with E-state index in [1.54, 1.807) is 11.3 Å². The Labute approximate surface area is 91.2 Å². The van der Waals surface area contributed by atoms with Crippen molar-refractivity contribution in [1.82, 2.24) is 5.32 Å².